The molecule has 0 saturated carbocycles. The first-order valence-electron chi connectivity index (χ1n) is 8.88. The molecule has 7 heteroatoms. The first-order valence-corrected chi connectivity index (χ1v) is 8.88. The average Bonchev–Trinajstić information content (AvgIpc) is 3.13. The van der Waals surface area contributed by atoms with Crippen molar-refractivity contribution in [2.24, 2.45) is 0 Å². The van der Waals surface area contributed by atoms with Crippen LogP contribution in [0.1, 0.15) is 16.1 Å². The SMILES string of the molecule is O=C(Nc1ccc(F)cc1)c1ccnc(NCCc2c[nH]c3ccccc23)n1. The lowest BCUT2D eigenvalue weighted by atomic mass is 10.1. The third-order valence-corrected chi connectivity index (χ3v) is 4.34. The molecule has 6 nitrogen and oxygen atoms in total. The summed E-state index contributed by atoms with van der Waals surface area (Å²) >= 11 is 0. The molecule has 3 N–H and O–H groups in total. The van der Waals surface area contributed by atoms with E-state index in [-0.39, 0.29) is 17.4 Å². The number of benzene rings is 2. The summed E-state index contributed by atoms with van der Waals surface area (Å²) in [5, 5.41) is 7.02. The summed E-state index contributed by atoms with van der Waals surface area (Å²) in [6, 6.07) is 15.2. The van der Waals surface area contributed by atoms with Gasteiger partial charge in [0, 0.05) is 35.5 Å². The van der Waals surface area contributed by atoms with Gasteiger partial charge < -0.3 is 15.6 Å². The molecule has 0 fully saturated rings. The average molecular weight is 375 g/mol. The van der Waals surface area contributed by atoms with Gasteiger partial charge in [0.1, 0.15) is 11.5 Å². The second kappa shape index (κ2) is 7.87. The van der Waals surface area contributed by atoms with Gasteiger partial charge in [0.15, 0.2) is 0 Å². The van der Waals surface area contributed by atoms with Gasteiger partial charge in [-0.15, -0.1) is 0 Å². The van der Waals surface area contributed by atoms with Gasteiger partial charge in [-0.25, -0.2) is 14.4 Å². The van der Waals surface area contributed by atoms with Crippen molar-refractivity contribution in [2.45, 2.75) is 6.42 Å². The van der Waals surface area contributed by atoms with E-state index in [2.05, 4.69) is 31.7 Å². The molecule has 2 aromatic carbocycles. The molecule has 140 valence electrons. The fourth-order valence-electron chi connectivity index (χ4n) is 2.95. The number of rotatable bonds is 6. The molecule has 4 rings (SSSR count). The Labute approximate surface area is 160 Å². The minimum atomic E-state index is -0.381. The van der Waals surface area contributed by atoms with Crippen LogP contribution in [0.4, 0.5) is 16.0 Å². The molecule has 28 heavy (non-hydrogen) atoms. The number of carbonyl (C=O) groups is 1. The van der Waals surface area contributed by atoms with E-state index in [0.717, 1.165) is 11.9 Å². The Morgan fingerprint density at radius 1 is 1.07 bits per heavy atom. The lowest BCUT2D eigenvalue weighted by Crippen LogP contribution is -2.16. The Morgan fingerprint density at radius 2 is 1.89 bits per heavy atom. The van der Waals surface area contributed by atoms with E-state index >= 15 is 0 Å². The number of hydrogen-bond donors (Lipinski definition) is 3. The second-order valence-corrected chi connectivity index (χ2v) is 6.26. The van der Waals surface area contributed by atoms with Crippen LogP contribution in [0.3, 0.4) is 0 Å². The molecule has 0 aliphatic carbocycles. The number of halogens is 1. The first kappa shape index (κ1) is 17.7. The fraction of sp³-hybridized carbons (Fsp3) is 0.0952. The van der Waals surface area contributed by atoms with Crippen molar-refractivity contribution < 1.29 is 9.18 Å². The number of nitrogens with one attached hydrogen (secondary N) is 3. The summed E-state index contributed by atoms with van der Waals surface area (Å²) < 4.78 is 13.0. The zero-order valence-corrected chi connectivity index (χ0v) is 14.9. The Bertz CT molecular complexity index is 1110. The summed E-state index contributed by atoms with van der Waals surface area (Å²) in [6.45, 7) is 0.630. The van der Waals surface area contributed by atoms with E-state index in [4.69, 9.17) is 0 Å². The van der Waals surface area contributed by atoms with Crippen molar-refractivity contribution >= 4 is 28.4 Å². The van der Waals surface area contributed by atoms with Gasteiger partial charge in [-0.1, -0.05) is 18.2 Å². The zero-order valence-electron chi connectivity index (χ0n) is 14.9. The van der Waals surface area contributed by atoms with Gasteiger partial charge in [0.05, 0.1) is 0 Å². The number of fused-ring (bicyclic) bond motifs is 1. The van der Waals surface area contributed by atoms with Crippen molar-refractivity contribution in [1.29, 1.82) is 0 Å². The third kappa shape index (κ3) is 3.98. The molecule has 0 saturated heterocycles. The molecule has 2 aromatic heterocycles. The highest BCUT2D eigenvalue weighted by atomic mass is 19.1. The van der Waals surface area contributed by atoms with Crippen molar-refractivity contribution in [3.63, 3.8) is 0 Å². The molecule has 0 aliphatic rings. The third-order valence-electron chi connectivity index (χ3n) is 4.34. The van der Waals surface area contributed by atoms with Crippen LogP contribution in [0.25, 0.3) is 10.9 Å². The number of carbonyl (C=O) groups excluding carboxylic acids is 1. The summed E-state index contributed by atoms with van der Waals surface area (Å²) in [5.41, 5.74) is 3.04. The van der Waals surface area contributed by atoms with Crippen LogP contribution in [0.2, 0.25) is 0 Å². The molecular formula is C21H18FN5O. The maximum absolute atomic E-state index is 13.0. The minimum Gasteiger partial charge on any atom is -0.361 e. The fourth-order valence-corrected chi connectivity index (χ4v) is 2.95. The summed E-state index contributed by atoms with van der Waals surface area (Å²) in [4.78, 5) is 24.0. The van der Waals surface area contributed by atoms with Crippen LogP contribution in [0.15, 0.2) is 67.0 Å². The van der Waals surface area contributed by atoms with Crippen molar-refractivity contribution in [2.75, 3.05) is 17.2 Å². The largest absolute Gasteiger partial charge is 0.361 e. The van der Waals surface area contributed by atoms with Crippen LogP contribution >= 0.6 is 0 Å². The Morgan fingerprint density at radius 3 is 2.75 bits per heavy atom. The van der Waals surface area contributed by atoms with Gasteiger partial charge in [0.25, 0.3) is 5.91 Å². The van der Waals surface area contributed by atoms with Gasteiger partial charge >= 0.3 is 0 Å². The topological polar surface area (TPSA) is 82.7 Å². The number of nitrogens with zero attached hydrogens (tertiary/aromatic N) is 2. The molecular weight excluding hydrogens is 357 g/mol. The summed E-state index contributed by atoms with van der Waals surface area (Å²) in [7, 11) is 0. The van der Waals surface area contributed by atoms with E-state index in [9.17, 15) is 9.18 Å². The number of H-pyrrole nitrogens is 1. The van der Waals surface area contributed by atoms with Gasteiger partial charge in [-0.3, -0.25) is 4.79 Å². The molecule has 0 aliphatic heterocycles. The number of para-hydroxylation sites is 1. The maximum atomic E-state index is 13.0. The summed E-state index contributed by atoms with van der Waals surface area (Å²) in [6.07, 6.45) is 4.32. The van der Waals surface area contributed by atoms with Crippen LogP contribution < -0.4 is 10.6 Å². The molecule has 2 heterocycles. The van der Waals surface area contributed by atoms with Gasteiger partial charge in [-0.05, 0) is 48.4 Å². The number of aromatic nitrogens is 3. The molecule has 0 bridgehead atoms. The Balaban J connectivity index is 1.38. The highest BCUT2D eigenvalue weighted by molar-refractivity contribution is 6.02. The van der Waals surface area contributed by atoms with Crippen molar-refractivity contribution in [3.8, 4) is 0 Å². The molecule has 4 aromatic rings. The highest BCUT2D eigenvalue weighted by Crippen LogP contribution is 2.18. The van der Waals surface area contributed by atoms with E-state index in [1.807, 2.05) is 24.4 Å². The normalized spacial score (nSPS) is 10.8. The number of aromatic amines is 1. The maximum Gasteiger partial charge on any atom is 0.274 e. The second-order valence-electron chi connectivity index (χ2n) is 6.26. The van der Waals surface area contributed by atoms with Crippen molar-refractivity contribution in [1.82, 2.24) is 15.0 Å². The number of anilines is 2. The molecule has 0 radical (unpaired) electrons. The lowest BCUT2D eigenvalue weighted by Gasteiger charge is -2.07. The lowest BCUT2D eigenvalue weighted by molar-refractivity contribution is 0.102. The summed E-state index contributed by atoms with van der Waals surface area (Å²) in [5.74, 6) is -0.359. The predicted octanol–water partition coefficient (Wildman–Crippen LogP) is 4.00. The van der Waals surface area contributed by atoms with Crippen LogP contribution in [0.5, 0.6) is 0 Å². The Kier molecular flexibility index (Phi) is 4.97. The van der Waals surface area contributed by atoms with E-state index in [0.29, 0.717) is 18.2 Å². The predicted molar refractivity (Wildman–Crippen MR) is 107 cm³/mol. The minimum absolute atomic E-state index is 0.230. The number of hydrogen-bond acceptors (Lipinski definition) is 4. The van der Waals surface area contributed by atoms with Gasteiger partial charge in [0.2, 0.25) is 5.95 Å². The first-order chi connectivity index (χ1) is 13.7. The molecule has 0 spiro atoms. The highest BCUT2D eigenvalue weighted by Gasteiger charge is 2.10. The zero-order chi connectivity index (χ0) is 19.3. The molecule has 1 amide bonds. The van der Waals surface area contributed by atoms with Crippen molar-refractivity contribution in [3.05, 3.63) is 84.1 Å². The van der Waals surface area contributed by atoms with Crippen LogP contribution in [0, 0.1) is 5.82 Å². The smallest absolute Gasteiger partial charge is 0.274 e. The monoisotopic (exact) mass is 375 g/mol. The van der Waals surface area contributed by atoms with E-state index in [1.165, 1.54) is 47.5 Å². The standard InChI is InChI=1S/C21H18FN5O/c22-15-5-7-16(8-6-15)26-20(28)19-10-12-24-21(27-19)23-11-9-14-13-25-18-4-2-1-3-17(14)18/h1-8,10,12-13,25H,9,11H2,(H,26,28)(H,23,24,27). The van der Waals surface area contributed by atoms with E-state index < -0.39 is 0 Å². The van der Waals surface area contributed by atoms with Crippen LogP contribution in [-0.4, -0.2) is 27.4 Å². The van der Waals surface area contributed by atoms with E-state index in [1.54, 1.807) is 0 Å². The number of amides is 1. The Hall–Kier alpha value is -3.74. The molecule has 0 atom stereocenters. The molecule has 0 unspecified atom stereocenters. The quantitative estimate of drug-likeness (QED) is 0.476. The van der Waals surface area contributed by atoms with Crippen LogP contribution in [-0.2, 0) is 6.42 Å². The van der Waals surface area contributed by atoms with Gasteiger partial charge in [-0.2, -0.15) is 0 Å².